The van der Waals surface area contributed by atoms with Crippen molar-refractivity contribution >= 4 is 22.6 Å². The van der Waals surface area contributed by atoms with Crippen LogP contribution in [0.2, 0.25) is 0 Å². The number of rotatable bonds is 6. The van der Waals surface area contributed by atoms with E-state index in [1.165, 1.54) is 6.33 Å². The van der Waals surface area contributed by atoms with Gasteiger partial charge in [-0.05, 0) is 40.8 Å². The molecule has 1 saturated heterocycles. The summed E-state index contributed by atoms with van der Waals surface area (Å²) in [6.45, 7) is 2.36. The molecule has 0 bridgehead atoms. The summed E-state index contributed by atoms with van der Waals surface area (Å²) < 4.78 is 1.77. The number of hydrogen-bond acceptors (Lipinski definition) is 4. The van der Waals surface area contributed by atoms with E-state index >= 15 is 0 Å². The number of aromatic nitrogens is 3. The Kier molecular flexibility index (Phi) is 6.33. The van der Waals surface area contributed by atoms with Gasteiger partial charge in [-0.2, -0.15) is 5.10 Å². The first-order valence-corrected chi connectivity index (χ1v) is 11.6. The van der Waals surface area contributed by atoms with E-state index in [0.717, 1.165) is 27.5 Å². The zero-order valence-electron chi connectivity index (χ0n) is 18.9. The maximum absolute atomic E-state index is 13.1. The fourth-order valence-corrected chi connectivity index (χ4v) is 4.52. The standard InChI is InChI=1S/C27H27N5O2/c33-26(29-16-20-8-10-21(11-9-20)17-32-19-28-18-30-32)23-12-14-31(15-13-23)27(34)25-7-3-5-22-4-1-2-6-24(22)25/h1-11,18-19,23H,12-17H2,(H,29,33). The number of piperidine rings is 1. The topological polar surface area (TPSA) is 80.1 Å². The molecule has 172 valence electrons. The van der Waals surface area contributed by atoms with Crippen LogP contribution in [0.3, 0.4) is 0 Å². The first-order chi connectivity index (χ1) is 16.7. The summed E-state index contributed by atoms with van der Waals surface area (Å²) in [5, 5.41) is 9.22. The van der Waals surface area contributed by atoms with Gasteiger partial charge in [-0.1, -0.05) is 60.7 Å². The van der Waals surface area contributed by atoms with Gasteiger partial charge >= 0.3 is 0 Å². The molecule has 0 radical (unpaired) electrons. The number of nitrogens with zero attached hydrogens (tertiary/aromatic N) is 4. The fourth-order valence-electron chi connectivity index (χ4n) is 4.52. The number of carbonyl (C=O) groups excluding carboxylic acids is 2. The second-order valence-electron chi connectivity index (χ2n) is 8.72. The van der Waals surface area contributed by atoms with Crippen LogP contribution in [-0.4, -0.2) is 44.6 Å². The van der Waals surface area contributed by atoms with Gasteiger partial charge in [0.15, 0.2) is 0 Å². The van der Waals surface area contributed by atoms with Crippen molar-refractivity contribution in [2.24, 2.45) is 5.92 Å². The normalized spacial score (nSPS) is 14.3. The molecule has 0 atom stereocenters. The number of carbonyl (C=O) groups is 2. The average Bonchev–Trinajstić information content (AvgIpc) is 3.40. The third kappa shape index (κ3) is 4.83. The van der Waals surface area contributed by atoms with Crippen molar-refractivity contribution in [2.45, 2.75) is 25.9 Å². The summed E-state index contributed by atoms with van der Waals surface area (Å²) in [6.07, 6.45) is 4.57. The molecule has 5 rings (SSSR count). The lowest BCUT2D eigenvalue weighted by Gasteiger charge is -2.31. The van der Waals surface area contributed by atoms with Gasteiger partial charge in [-0.15, -0.1) is 0 Å². The quantitative estimate of drug-likeness (QED) is 0.483. The van der Waals surface area contributed by atoms with E-state index in [2.05, 4.69) is 15.4 Å². The Labute approximate surface area is 198 Å². The van der Waals surface area contributed by atoms with Crippen LogP contribution >= 0.6 is 0 Å². The van der Waals surface area contributed by atoms with Gasteiger partial charge < -0.3 is 10.2 Å². The molecule has 0 aliphatic carbocycles. The lowest BCUT2D eigenvalue weighted by atomic mass is 9.94. The summed E-state index contributed by atoms with van der Waals surface area (Å²) >= 11 is 0. The Hall–Kier alpha value is -4.00. The first kappa shape index (κ1) is 21.8. The van der Waals surface area contributed by atoms with Crippen molar-refractivity contribution in [1.29, 1.82) is 0 Å². The van der Waals surface area contributed by atoms with Gasteiger partial charge in [-0.25, -0.2) is 9.67 Å². The van der Waals surface area contributed by atoms with Crippen LogP contribution in [0.15, 0.2) is 79.4 Å². The number of nitrogens with one attached hydrogen (secondary N) is 1. The highest BCUT2D eigenvalue weighted by molar-refractivity contribution is 6.07. The van der Waals surface area contributed by atoms with Crippen LogP contribution in [-0.2, 0) is 17.9 Å². The van der Waals surface area contributed by atoms with Crippen LogP contribution in [0, 0.1) is 5.92 Å². The minimum atomic E-state index is -0.0665. The molecule has 4 aromatic rings. The van der Waals surface area contributed by atoms with E-state index in [1.807, 2.05) is 71.6 Å². The van der Waals surface area contributed by atoms with Crippen molar-refractivity contribution in [3.63, 3.8) is 0 Å². The highest BCUT2D eigenvalue weighted by Crippen LogP contribution is 2.24. The number of hydrogen-bond donors (Lipinski definition) is 1. The molecule has 1 N–H and O–H groups in total. The molecule has 34 heavy (non-hydrogen) atoms. The van der Waals surface area contributed by atoms with Gasteiger partial charge in [-0.3, -0.25) is 9.59 Å². The molecule has 1 aromatic heterocycles. The highest BCUT2D eigenvalue weighted by atomic mass is 16.2. The Morgan fingerprint density at radius 2 is 1.65 bits per heavy atom. The van der Waals surface area contributed by atoms with E-state index in [9.17, 15) is 9.59 Å². The number of fused-ring (bicyclic) bond motifs is 1. The van der Waals surface area contributed by atoms with Gasteiger partial charge in [0.25, 0.3) is 5.91 Å². The van der Waals surface area contributed by atoms with Gasteiger partial charge in [0.05, 0.1) is 6.54 Å². The predicted molar refractivity (Wildman–Crippen MR) is 130 cm³/mol. The number of benzene rings is 3. The first-order valence-electron chi connectivity index (χ1n) is 11.6. The number of amides is 2. The lowest BCUT2D eigenvalue weighted by Crippen LogP contribution is -2.43. The third-order valence-electron chi connectivity index (χ3n) is 6.47. The maximum Gasteiger partial charge on any atom is 0.254 e. The Morgan fingerprint density at radius 3 is 2.41 bits per heavy atom. The van der Waals surface area contributed by atoms with E-state index in [1.54, 1.807) is 11.0 Å². The molecule has 7 nitrogen and oxygen atoms in total. The largest absolute Gasteiger partial charge is 0.352 e. The van der Waals surface area contributed by atoms with Gasteiger partial charge in [0.1, 0.15) is 12.7 Å². The summed E-state index contributed by atoms with van der Waals surface area (Å²) in [7, 11) is 0. The number of likely N-dealkylation sites (tertiary alicyclic amines) is 1. The van der Waals surface area contributed by atoms with E-state index in [0.29, 0.717) is 39.0 Å². The third-order valence-corrected chi connectivity index (χ3v) is 6.47. The van der Waals surface area contributed by atoms with Crippen molar-refractivity contribution in [2.75, 3.05) is 13.1 Å². The van der Waals surface area contributed by atoms with E-state index < -0.39 is 0 Å². The maximum atomic E-state index is 13.1. The molecule has 2 heterocycles. The molecular formula is C27H27N5O2. The molecule has 1 fully saturated rings. The minimum absolute atomic E-state index is 0.0432. The molecule has 1 aliphatic rings. The molecule has 7 heteroatoms. The summed E-state index contributed by atoms with van der Waals surface area (Å²) in [6, 6.07) is 21.9. The SMILES string of the molecule is O=C(NCc1ccc(Cn2cncn2)cc1)C1CCN(C(=O)c2cccc3ccccc23)CC1. The monoisotopic (exact) mass is 453 g/mol. The zero-order chi connectivity index (χ0) is 23.3. The molecule has 2 amide bonds. The van der Waals surface area contributed by atoms with Crippen molar-refractivity contribution in [3.8, 4) is 0 Å². The second kappa shape index (κ2) is 9.87. The zero-order valence-corrected chi connectivity index (χ0v) is 18.9. The predicted octanol–water partition coefficient (Wildman–Crippen LogP) is 3.65. The van der Waals surface area contributed by atoms with Crippen molar-refractivity contribution < 1.29 is 9.59 Å². The summed E-state index contributed by atoms with van der Waals surface area (Å²) in [4.78, 5) is 31.7. The van der Waals surface area contributed by atoms with Crippen LogP contribution in [0.1, 0.15) is 34.3 Å². The van der Waals surface area contributed by atoms with Crippen molar-refractivity contribution in [3.05, 3.63) is 96.1 Å². The summed E-state index contributed by atoms with van der Waals surface area (Å²) in [5.41, 5.74) is 2.91. The summed E-state index contributed by atoms with van der Waals surface area (Å²) in [5.74, 6) is 0.0359. The molecular weight excluding hydrogens is 426 g/mol. The minimum Gasteiger partial charge on any atom is -0.352 e. The van der Waals surface area contributed by atoms with Crippen LogP contribution in [0.25, 0.3) is 10.8 Å². The molecule has 0 spiro atoms. The van der Waals surface area contributed by atoms with E-state index in [-0.39, 0.29) is 17.7 Å². The molecule has 0 saturated carbocycles. The Bertz CT molecular complexity index is 1270. The Morgan fingerprint density at radius 1 is 0.912 bits per heavy atom. The lowest BCUT2D eigenvalue weighted by molar-refractivity contribution is -0.126. The Balaban J connectivity index is 1.12. The van der Waals surface area contributed by atoms with Crippen molar-refractivity contribution in [1.82, 2.24) is 25.0 Å². The van der Waals surface area contributed by atoms with Crippen LogP contribution in [0.5, 0.6) is 0 Å². The fraction of sp³-hybridized carbons (Fsp3) is 0.259. The van der Waals surface area contributed by atoms with Crippen LogP contribution in [0.4, 0.5) is 0 Å². The molecule has 0 unspecified atom stereocenters. The average molecular weight is 454 g/mol. The highest BCUT2D eigenvalue weighted by Gasteiger charge is 2.28. The van der Waals surface area contributed by atoms with E-state index in [4.69, 9.17) is 0 Å². The smallest absolute Gasteiger partial charge is 0.254 e. The van der Waals surface area contributed by atoms with Crippen LogP contribution < -0.4 is 5.32 Å². The molecule has 3 aromatic carbocycles. The van der Waals surface area contributed by atoms with Gasteiger partial charge in [0.2, 0.25) is 5.91 Å². The molecule has 1 aliphatic heterocycles. The van der Waals surface area contributed by atoms with Gasteiger partial charge in [0, 0.05) is 31.1 Å². The second-order valence-corrected chi connectivity index (χ2v) is 8.72.